The normalized spacial score (nSPS) is 17.5. The Balaban J connectivity index is 1.88. The number of primary amides is 1. The lowest BCUT2D eigenvalue weighted by molar-refractivity contribution is -0.387. The minimum Gasteiger partial charge on any atom is -0.455 e. The van der Waals surface area contributed by atoms with E-state index in [-0.39, 0.29) is 33.4 Å². The van der Waals surface area contributed by atoms with Crippen LogP contribution in [0.15, 0.2) is 23.1 Å². The second-order valence-corrected chi connectivity index (χ2v) is 9.56. The number of carbonyl (C=O) groups is 3. The summed E-state index contributed by atoms with van der Waals surface area (Å²) in [6.07, 6.45) is 0.333. The van der Waals surface area contributed by atoms with Gasteiger partial charge in [0.25, 0.3) is 11.6 Å². The van der Waals surface area contributed by atoms with Crippen LogP contribution < -0.4 is 5.73 Å². The number of thioether (sulfide) groups is 1. The van der Waals surface area contributed by atoms with Gasteiger partial charge in [0.2, 0.25) is 5.91 Å². The molecule has 0 radical (unpaired) electrons. The predicted octanol–water partition coefficient (Wildman–Crippen LogP) is -0.0255. The van der Waals surface area contributed by atoms with Crippen LogP contribution in [-0.4, -0.2) is 73.0 Å². The van der Waals surface area contributed by atoms with Crippen LogP contribution in [0.25, 0.3) is 0 Å². The number of esters is 1. The molecule has 0 aliphatic carbocycles. The molecule has 1 heterocycles. The fourth-order valence-corrected chi connectivity index (χ4v) is 5.22. The molecule has 0 aromatic heterocycles. The molecule has 0 spiro atoms. The van der Waals surface area contributed by atoms with Crippen molar-refractivity contribution < 1.29 is 32.5 Å². The van der Waals surface area contributed by atoms with Gasteiger partial charge >= 0.3 is 5.97 Å². The Bertz CT molecular complexity index is 947. The van der Waals surface area contributed by atoms with Crippen LogP contribution in [0.3, 0.4) is 0 Å². The number of hydrogen-bond acceptors (Lipinski definition) is 9. The largest absolute Gasteiger partial charge is 0.455 e. The zero-order valence-corrected chi connectivity index (χ0v) is 17.0. The standard InChI is InChI=1S/C16H19N3O8S2/c1-18(11-4-5-29(25,26)9-11)14(20)7-27-15(21)8-28-13-3-2-10(16(17)22)6-12(13)19(23)24/h2-3,6,11H,4-5,7-9H2,1H3,(H2,17,22)/t11-/m1/s1. The Kier molecular flexibility index (Phi) is 7.19. The van der Waals surface area contributed by atoms with Crippen LogP contribution in [-0.2, 0) is 24.2 Å². The topological polar surface area (TPSA) is 167 Å². The summed E-state index contributed by atoms with van der Waals surface area (Å²) in [7, 11) is -1.71. The molecular weight excluding hydrogens is 426 g/mol. The van der Waals surface area contributed by atoms with E-state index in [0.29, 0.717) is 6.42 Å². The van der Waals surface area contributed by atoms with Crippen molar-refractivity contribution in [2.45, 2.75) is 17.4 Å². The van der Waals surface area contributed by atoms with Crippen LogP contribution in [0.1, 0.15) is 16.8 Å². The van der Waals surface area contributed by atoms with E-state index in [0.717, 1.165) is 17.8 Å². The maximum Gasteiger partial charge on any atom is 0.316 e. The lowest BCUT2D eigenvalue weighted by Crippen LogP contribution is -2.40. The number of amides is 2. The molecule has 1 aliphatic heterocycles. The summed E-state index contributed by atoms with van der Waals surface area (Å²) in [5.41, 5.74) is 4.68. The molecule has 2 N–H and O–H groups in total. The summed E-state index contributed by atoms with van der Waals surface area (Å²) in [5.74, 6) is -2.54. The Morgan fingerprint density at radius 3 is 2.62 bits per heavy atom. The molecule has 1 atom stereocenters. The van der Waals surface area contributed by atoms with Gasteiger partial charge in [-0.2, -0.15) is 0 Å². The quantitative estimate of drug-likeness (QED) is 0.250. The minimum atomic E-state index is -3.15. The monoisotopic (exact) mass is 445 g/mol. The van der Waals surface area contributed by atoms with E-state index in [9.17, 15) is 32.9 Å². The number of nitrogens with zero attached hydrogens (tertiary/aromatic N) is 2. The molecule has 1 fully saturated rings. The smallest absolute Gasteiger partial charge is 0.316 e. The Hall–Kier alpha value is -2.67. The van der Waals surface area contributed by atoms with Gasteiger partial charge in [-0.25, -0.2) is 8.42 Å². The van der Waals surface area contributed by atoms with Crippen molar-refractivity contribution in [3.8, 4) is 0 Å². The number of sulfone groups is 1. The highest BCUT2D eigenvalue weighted by atomic mass is 32.2. The molecule has 158 valence electrons. The van der Waals surface area contributed by atoms with Crippen LogP contribution in [0.2, 0.25) is 0 Å². The zero-order valence-electron chi connectivity index (χ0n) is 15.4. The molecule has 1 saturated heterocycles. The maximum atomic E-state index is 12.1. The minimum absolute atomic E-state index is 0.0129. The number of nitro groups is 1. The number of rotatable bonds is 8. The molecule has 1 aliphatic rings. The van der Waals surface area contributed by atoms with E-state index >= 15 is 0 Å². The fraction of sp³-hybridized carbons (Fsp3) is 0.438. The van der Waals surface area contributed by atoms with E-state index in [2.05, 4.69) is 0 Å². The van der Waals surface area contributed by atoms with Crippen molar-refractivity contribution >= 4 is 45.1 Å². The summed E-state index contributed by atoms with van der Waals surface area (Å²) in [6.45, 7) is -0.560. The zero-order chi connectivity index (χ0) is 21.8. The lowest BCUT2D eigenvalue weighted by atomic mass is 10.2. The molecule has 2 rings (SSSR count). The van der Waals surface area contributed by atoms with Gasteiger partial charge in [0.15, 0.2) is 16.4 Å². The Morgan fingerprint density at radius 1 is 1.38 bits per heavy atom. The third kappa shape index (κ3) is 6.15. The number of nitrogens with two attached hydrogens (primary N) is 1. The molecule has 1 aromatic carbocycles. The first kappa shape index (κ1) is 22.6. The van der Waals surface area contributed by atoms with Crippen molar-refractivity contribution in [3.63, 3.8) is 0 Å². The number of likely N-dealkylation sites (N-methyl/N-ethyl adjacent to an activating group) is 1. The van der Waals surface area contributed by atoms with Gasteiger partial charge < -0.3 is 15.4 Å². The van der Waals surface area contributed by atoms with Crippen molar-refractivity contribution in [1.82, 2.24) is 4.90 Å². The molecule has 0 unspecified atom stereocenters. The van der Waals surface area contributed by atoms with Crippen LogP contribution >= 0.6 is 11.8 Å². The lowest BCUT2D eigenvalue weighted by Gasteiger charge is -2.23. The first-order valence-corrected chi connectivity index (χ1v) is 11.1. The molecule has 0 bridgehead atoms. The van der Waals surface area contributed by atoms with E-state index in [1.165, 1.54) is 24.1 Å². The molecule has 13 heteroatoms. The predicted molar refractivity (Wildman–Crippen MR) is 103 cm³/mol. The number of hydrogen-bond donors (Lipinski definition) is 1. The Morgan fingerprint density at radius 2 is 2.07 bits per heavy atom. The SMILES string of the molecule is CN(C(=O)COC(=O)CSc1ccc(C(N)=O)cc1[N+](=O)[O-])[C@@H]1CCS(=O)(=O)C1. The van der Waals surface area contributed by atoms with E-state index in [4.69, 9.17) is 10.5 Å². The number of nitro benzene ring substituents is 1. The van der Waals surface area contributed by atoms with E-state index < -0.39 is 45.2 Å². The summed E-state index contributed by atoms with van der Waals surface area (Å²) >= 11 is 0.816. The van der Waals surface area contributed by atoms with Crippen LogP contribution in [0.4, 0.5) is 5.69 Å². The first-order valence-electron chi connectivity index (χ1n) is 8.33. The van der Waals surface area contributed by atoms with Gasteiger partial charge in [0.1, 0.15) is 0 Å². The van der Waals surface area contributed by atoms with Gasteiger partial charge in [-0.3, -0.25) is 24.5 Å². The average molecular weight is 445 g/mol. The molecule has 2 amide bonds. The second-order valence-electron chi connectivity index (χ2n) is 6.31. The second kappa shape index (κ2) is 9.22. The molecule has 29 heavy (non-hydrogen) atoms. The molecule has 11 nitrogen and oxygen atoms in total. The highest BCUT2D eigenvalue weighted by Gasteiger charge is 2.33. The van der Waals surface area contributed by atoms with Gasteiger partial charge in [-0.15, -0.1) is 11.8 Å². The van der Waals surface area contributed by atoms with E-state index in [1.54, 1.807) is 0 Å². The van der Waals surface area contributed by atoms with Crippen LogP contribution in [0, 0.1) is 10.1 Å². The number of carbonyl (C=O) groups excluding carboxylic acids is 3. The third-order valence-corrected chi connectivity index (χ3v) is 7.08. The summed E-state index contributed by atoms with van der Waals surface area (Å²) in [4.78, 5) is 46.9. The fourth-order valence-electron chi connectivity index (χ4n) is 2.64. The van der Waals surface area contributed by atoms with Gasteiger partial charge in [0, 0.05) is 24.7 Å². The third-order valence-electron chi connectivity index (χ3n) is 4.29. The molecular formula is C16H19N3O8S2. The highest BCUT2D eigenvalue weighted by Crippen LogP contribution is 2.30. The summed E-state index contributed by atoms with van der Waals surface area (Å²) < 4.78 is 27.9. The molecule has 0 saturated carbocycles. The van der Waals surface area contributed by atoms with E-state index in [1.807, 2.05) is 0 Å². The van der Waals surface area contributed by atoms with Gasteiger partial charge in [0.05, 0.1) is 27.1 Å². The van der Waals surface area contributed by atoms with Crippen molar-refractivity contribution in [3.05, 3.63) is 33.9 Å². The van der Waals surface area contributed by atoms with Crippen LogP contribution in [0.5, 0.6) is 0 Å². The Labute approximate surface area is 170 Å². The van der Waals surface area contributed by atoms with Crippen molar-refractivity contribution in [2.24, 2.45) is 5.73 Å². The van der Waals surface area contributed by atoms with Gasteiger partial charge in [-0.1, -0.05) is 0 Å². The van der Waals surface area contributed by atoms with Crippen molar-refractivity contribution in [1.29, 1.82) is 0 Å². The summed E-state index contributed by atoms with van der Waals surface area (Å²) in [5, 5.41) is 11.1. The highest BCUT2D eigenvalue weighted by molar-refractivity contribution is 8.00. The van der Waals surface area contributed by atoms with Crippen molar-refractivity contribution in [2.75, 3.05) is 30.9 Å². The maximum absolute atomic E-state index is 12.1. The number of ether oxygens (including phenoxy) is 1. The first-order chi connectivity index (χ1) is 13.5. The number of benzene rings is 1. The van der Waals surface area contributed by atoms with Gasteiger partial charge in [-0.05, 0) is 18.6 Å². The summed E-state index contributed by atoms with van der Waals surface area (Å²) in [6, 6.07) is 3.17. The average Bonchev–Trinajstić information content (AvgIpc) is 3.03. The molecule has 1 aromatic rings.